The summed E-state index contributed by atoms with van der Waals surface area (Å²) in [5.74, 6) is 1.91. The number of aromatic nitrogens is 2. The third kappa shape index (κ3) is 3.79. The summed E-state index contributed by atoms with van der Waals surface area (Å²) < 4.78 is 5.12. The van der Waals surface area contributed by atoms with Gasteiger partial charge in [0.15, 0.2) is 5.82 Å². The van der Waals surface area contributed by atoms with E-state index < -0.39 is 6.10 Å². The van der Waals surface area contributed by atoms with Crippen molar-refractivity contribution in [3.05, 3.63) is 11.7 Å². The van der Waals surface area contributed by atoms with Crippen LogP contribution in [0.2, 0.25) is 0 Å². The monoisotopic (exact) mass is 244 g/mol. The number of nitrogens with zero attached hydrogens (tertiary/aromatic N) is 2. The number of thioether (sulfide) groups is 1. The maximum atomic E-state index is 9.41. The van der Waals surface area contributed by atoms with Gasteiger partial charge in [0.1, 0.15) is 0 Å². The second kappa shape index (κ2) is 6.25. The molecular formula is C11H20N2O2S. The Kier molecular flexibility index (Phi) is 5.28. The minimum atomic E-state index is -0.462. The fourth-order valence-electron chi connectivity index (χ4n) is 1.05. The highest BCUT2D eigenvalue weighted by atomic mass is 32.2. The molecule has 0 amide bonds. The van der Waals surface area contributed by atoms with Gasteiger partial charge in [0.25, 0.3) is 0 Å². The summed E-state index contributed by atoms with van der Waals surface area (Å²) in [5.41, 5.74) is 0. The van der Waals surface area contributed by atoms with Crippen molar-refractivity contribution in [2.45, 2.75) is 57.1 Å². The first-order valence-electron chi connectivity index (χ1n) is 5.66. The average Bonchev–Trinajstić information content (AvgIpc) is 2.73. The minimum absolute atomic E-state index is 0.102. The van der Waals surface area contributed by atoms with Crippen molar-refractivity contribution in [3.8, 4) is 0 Å². The fraction of sp³-hybridized carbons (Fsp3) is 0.818. The maximum absolute atomic E-state index is 9.41. The number of aliphatic hydroxyl groups is 1. The van der Waals surface area contributed by atoms with E-state index in [4.69, 9.17) is 4.52 Å². The lowest BCUT2D eigenvalue weighted by Crippen LogP contribution is -2.11. The minimum Gasteiger partial charge on any atom is -0.393 e. The first-order valence-corrected chi connectivity index (χ1v) is 6.71. The Balaban J connectivity index is 2.51. The number of rotatable bonds is 6. The van der Waals surface area contributed by atoms with E-state index in [1.807, 2.05) is 18.7 Å². The molecule has 0 aliphatic carbocycles. The standard InChI is InChI=1S/C11H20N2O2S/c1-5-7(2)16-6-10-12-11(15-13-10)8(3)9(4)14/h7-9,14H,5-6H2,1-4H3. The second-order valence-electron chi connectivity index (χ2n) is 4.11. The van der Waals surface area contributed by atoms with Crippen LogP contribution in [-0.2, 0) is 5.75 Å². The molecule has 0 radical (unpaired) electrons. The molecule has 16 heavy (non-hydrogen) atoms. The summed E-state index contributed by atoms with van der Waals surface area (Å²) in [4.78, 5) is 4.28. The smallest absolute Gasteiger partial charge is 0.232 e. The van der Waals surface area contributed by atoms with Crippen LogP contribution < -0.4 is 0 Å². The molecule has 92 valence electrons. The van der Waals surface area contributed by atoms with Crippen molar-refractivity contribution in [1.29, 1.82) is 0 Å². The molecular weight excluding hydrogens is 224 g/mol. The Labute approximate surface area is 101 Å². The van der Waals surface area contributed by atoms with Crippen LogP contribution in [0, 0.1) is 0 Å². The highest BCUT2D eigenvalue weighted by Gasteiger charge is 2.18. The predicted octanol–water partition coefficient (Wildman–Crippen LogP) is 2.59. The quantitative estimate of drug-likeness (QED) is 0.833. The third-order valence-electron chi connectivity index (χ3n) is 2.67. The molecule has 0 aliphatic heterocycles. The van der Waals surface area contributed by atoms with Crippen molar-refractivity contribution >= 4 is 11.8 Å². The van der Waals surface area contributed by atoms with Crippen LogP contribution in [0.15, 0.2) is 4.52 Å². The van der Waals surface area contributed by atoms with Gasteiger partial charge in [-0.05, 0) is 13.3 Å². The maximum Gasteiger partial charge on any atom is 0.232 e. The first-order chi connectivity index (χ1) is 7.54. The van der Waals surface area contributed by atoms with Gasteiger partial charge in [-0.25, -0.2) is 0 Å². The Hall–Kier alpha value is -0.550. The molecule has 4 nitrogen and oxygen atoms in total. The van der Waals surface area contributed by atoms with Crippen molar-refractivity contribution in [2.24, 2.45) is 0 Å². The van der Waals surface area contributed by atoms with Gasteiger partial charge in [-0.15, -0.1) is 0 Å². The molecule has 0 aromatic carbocycles. The molecule has 0 spiro atoms. The van der Waals surface area contributed by atoms with E-state index in [1.54, 1.807) is 6.92 Å². The molecule has 5 heteroatoms. The van der Waals surface area contributed by atoms with Crippen LogP contribution >= 0.6 is 11.8 Å². The predicted molar refractivity (Wildman–Crippen MR) is 65.4 cm³/mol. The Morgan fingerprint density at radius 3 is 2.62 bits per heavy atom. The van der Waals surface area contributed by atoms with E-state index in [2.05, 4.69) is 24.0 Å². The molecule has 0 bridgehead atoms. The van der Waals surface area contributed by atoms with Crippen LogP contribution in [0.3, 0.4) is 0 Å². The topological polar surface area (TPSA) is 59.2 Å². The SMILES string of the molecule is CCC(C)SCc1noc(C(C)C(C)O)n1. The number of hydrogen-bond donors (Lipinski definition) is 1. The van der Waals surface area contributed by atoms with E-state index in [0.717, 1.165) is 12.2 Å². The van der Waals surface area contributed by atoms with Crippen molar-refractivity contribution in [1.82, 2.24) is 10.1 Å². The van der Waals surface area contributed by atoms with Gasteiger partial charge >= 0.3 is 0 Å². The molecule has 1 N–H and O–H groups in total. The van der Waals surface area contributed by atoms with Gasteiger partial charge in [0.2, 0.25) is 5.89 Å². The van der Waals surface area contributed by atoms with Gasteiger partial charge in [-0.3, -0.25) is 0 Å². The lowest BCUT2D eigenvalue weighted by molar-refractivity contribution is 0.151. The summed E-state index contributed by atoms with van der Waals surface area (Å²) in [6, 6.07) is 0. The third-order valence-corrected chi connectivity index (χ3v) is 4.00. The van der Waals surface area contributed by atoms with E-state index in [9.17, 15) is 5.11 Å². The zero-order chi connectivity index (χ0) is 12.1. The molecule has 0 saturated heterocycles. The van der Waals surface area contributed by atoms with E-state index in [1.165, 1.54) is 0 Å². The normalized spacial score (nSPS) is 17.1. The van der Waals surface area contributed by atoms with E-state index in [0.29, 0.717) is 17.0 Å². The molecule has 1 aromatic rings. The molecule has 0 aliphatic rings. The number of aliphatic hydroxyl groups excluding tert-OH is 1. The second-order valence-corrected chi connectivity index (χ2v) is 5.53. The lowest BCUT2D eigenvalue weighted by atomic mass is 10.1. The van der Waals surface area contributed by atoms with Crippen LogP contribution in [0.25, 0.3) is 0 Å². The van der Waals surface area contributed by atoms with Gasteiger partial charge in [0.05, 0.1) is 17.8 Å². The van der Waals surface area contributed by atoms with Crippen molar-refractivity contribution in [2.75, 3.05) is 0 Å². The summed E-state index contributed by atoms with van der Waals surface area (Å²) in [6.45, 7) is 7.95. The molecule has 1 heterocycles. The van der Waals surface area contributed by atoms with E-state index in [-0.39, 0.29) is 5.92 Å². The van der Waals surface area contributed by atoms with Crippen LogP contribution in [0.4, 0.5) is 0 Å². The summed E-state index contributed by atoms with van der Waals surface area (Å²) in [7, 11) is 0. The highest BCUT2D eigenvalue weighted by molar-refractivity contribution is 7.99. The molecule has 0 saturated carbocycles. The highest BCUT2D eigenvalue weighted by Crippen LogP contribution is 2.21. The Morgan fingerprint density at radius 2 is 2.06 bits per heavy atom. The van der Waals surface area contributed by atoms with Gasteiger partial charge < -0.3 is 9.63 Å². The number of hydrogen-bond acceptors (Lipinski definition) is 5. The van der Waals surface area contributed by atoms with Crippen molar-refractivity contribution < 1.29 is 9.63 Å². The molecule has 0 fully saturated rings. The molecule has 1 rings (SSSR count). The zero-order valence-corrected chi connectivity index (χ0v) is 11.1. The van der Waals surface area contributed by atoms with Crippen LogP contribution in [0.5, 0.6) is 0 Å². The van der Waals surface area contributed by atoms with E-state index >= 15 is 0 Å². The van der Waals surface area contributed by atoms with Crippen molar-refractivity contribution in [3.63, 3.8) is 0 Å². The van der Waals surface area contributed by atoms with Crippen LogP contribution in [0.1, 0.15) is 51.7 Å². The average molecular weight is 244 g/mol. The molecule has 1 aromatic heterocycles. The lowest BCUT2D eigenvalue weighted by Gasteiger charge is -2.08. The fourth-order valence-corrected chi connectivity index (χ4v) is 1.84. The summed E-state index contributed by atoms with van der Waals surface area (Å²) >= 11 is 1.82. The van der Waals surface area contributed by atoms with Gasteiger partial charge in [-0.2, -0.15) is 16.7 Å². The first kappa shape index (κ1) is 13.5. The molecule has 3 unspecified atom stereocenters. The van der Waals surface area contributed by atoms with Crippen LogP contribution in [-0.4, -0.2) is 26.6 Å². The Morgan fingerprint density at radius 1 is 1.38 bits per heavy atom. The summed E-state index contributed by atoms with van der Waals surface area (Å²) in [6.07, 6.45) is 0.676. The van der Waals surface area contributed by atoms with Gasteiger partial charge in [0, 0.05) is 5.25 Å². The van der Waals surface area contributed by atoms with Gasteiger partial charge in [-0.1, -0.05) is 25.9 Å². The summed E-state index contributed by atoms with van der Waals surface area (Å²) in [5, 5.41) is 13.9. The Bertz CT molecular complexity index is 315. The molecule has 3 atom stereocenters. The zero-order valence-electron chi connectivity index (χ0n) is 10.3. The largest absolute Gasteiger partial charge is 0.393 e.